The molecule has 0 spiro atoms. The van der Waals surface area contributed by atoms with E-state index < -0.39 is 17.5 Å². The SMILES string of the molecule is CCc1ccncc1NC(=O)C(=O)OC(C)(C)C. The van der Waals surface area contributed by atoms with Gasteiger partial charge < -0.3 is 10.1 Å². The second-order valence-electron chi connectivity index (χ2n) is 4.84. The van der Waals surface area contributed by atoms with Crippen LogP contribution < -0.4 is 5.32 Å². The van der Waals surface area contributed by atoms with Crippen LogP contribution in [0.5, 0.6) is 0 Å². The quantitative estimate of drug-likeness (QED) is 0.643. The number of carbonyl (C=O) groups excluding carboxylic acids is 2. The minimum atomic E-state index is -0.895. The molecule has 5 heteroatoms. The fourth-order valence-electron chi connectivity index (χ4n) is 1.34. The number of carbonyl (C=O) groups is 2. The van der Waals surface area contributed by atoms with Crippen LogP contribution in [-0.2, 0) is 20.7 Å². The Hall–Kier alpha value is -1.91. The lowest BCUT2D eigenvalue weighted by molar-refractivity contribution is -0.161. The first-order chi connectivity index (χ1) is 8.33. The summed E-state index contributed by atoms with van der Waals surface area (Å²) in [7, 11) is 0. The van der Waals surface area contributed by atoms with Gasteiger partial charge in [-0.05, 0) is 38.8 Å². The first-order valence-electron chi connectivity index (χ1n) is 5.80. The van der Waals surface area contributed by atoms with Crippen molar-refractivity contribution in [3.05, 3.63) is 24.0 Å². The number of pyridine rings is 1. The lowest BCUT2D eigenvalue weighted by atomic mass is 10.2. The second-order valence-corrected chi connectivity index (χ2v) is 4.84. The van der Waals surface area contributed by atoms with Crippen LogP contribution in [0.2, 0.25) is 0 Å². The average molecular weight is 250 g/mol. The van der Waals surface area contributed by atoms with E-state index in [9.17, 15) is 9.59 Å². The Morgan fingerprint density at radius 3 is 2.61 bits per heavy atom. The van der Waals surface area contributed by atoms with Crippen molar-refractivity contribution in [3.63, 3.8) is 0 Å². The second kappa shape index (κ2) is 5.62. The molecule has 0 radical (unpaired) electrons. The van der Waals surface area contributed by atoms with Crippen LogP contribution in [0.4, 0.5) is 5.69 Å². The van der Waals surface area contributed by atoms with Gasteiger partial charge in [0.25, 0.3) is 0 Å². The van der Waals surface area contributed by atoms with Crippen LogP contribution in [0, 0.1) is 0 Å². The highest BCUT2D eigenvalue weighted by atomic mass is 16.6. The fourth-order valence-corrected chi connectivity index (χ4v) is 1.34. The molecule has 0 aliphatic rings. The van der Waals surface area contributed by atoms with Gasteiger partial charge in [-0.15, -0.1) is 0 Å². The number of nitrogens with one attached hydrogen (secondary N) is 1. The average Bonchev–Trinajstić information content (AvgIpc) is 2.27. The molecule has 1 amide bonds. The monoisotopic (exact) mass is 250 g/mol. The van der Waals surface area contributed by atoms with Crippen LogP contribution in [0.3, 0.4) is 0 Å². The van der Waals surface area contributed by atoms with Crippen molar-refractivity contribution in [2.45, 2.75) is 39.7 Å². The van der Waals surface area contributed by atoms with Crippen LogP contribution in [0.1, 0.15) is 33.3 Å². The lowest BCUT2D eigenvalue weighted by Crippen LogP contribution is -2.32. The van der Waals surface area contributed by atoms with E-state index in [1.165, 1.54) is 6.20 Å². The van der Waals surface area contributed by atoms with E-state index in [1.54, 1.807) is 33.0 Å². The molecule has 0 fully saturated rings. The molecule has 0 saturated carbocycles. The molecule has 0 aromatic carbocycles. The normalized spacial score (nSPS) is 10.9. The standard InChI is InChI=1S/C13H18N2O3/c1-5-9-6-7-14-8-10(9)15-11(16)12(17)18-13(2,3)4/h6-8H,5H2,1-4H3,(H,15,16). The number of amides is 1. The third kappa shape index (κ3) is 4.16. The van der Waals surface area contributed by atoms with Crippen molar-refractivity contribution in [1.29, 1.82) is 0 Å². The zero-order valence-corrected chi connectivity index (χ0v) is 11.1. The summed E-state index contributed by atoms with van der Waals surface area (Å²) in [6.07, 6.45) is 3.90. The smallest absolute Gasteiger partial charge is 0.397 e. The van der Waals surface area contributed by atoms with Gasteiger partial charge in [0, 0.05) is 6.20 Å². The van der Waals surface area contributed by atoms with Crippen LogP contribution in [0.15, 0.2) is 18.5 Å². The van der Waals surface area contributed by atoms with Gasteiger partial charge in [0.1, 0.15) is 5.60 Å². The maximum absolute atomic E-state index is 11.6. The molecule has 0 saturated heterocycles. The van der Waals surface area contributed by atoms with Crippen molar-refractivity contribution >= 4 is 17.6 Å². The number of hydrogen-bond donors (Lipinski definition) is 1. The fraction of sp³-hybridized carbons (Fsp3) is 0.462. The molecule has 1 N–H and O–H groups in total. The highest BCUT2D eigenvalue weighted by Crippen LogP contribution is 2.14. The summed E-state index contributed by atoms with van der Waals surface area (Å²) in [5, 5.41) is 2.51. The Kier molecular flexibility index (Phi) is 4.42. The molecular formula is C13H18N2O3. The van der Waals surface area contributed by atoms with E-state index in [-0.39, 0.29) is 0 Å². The van der Waals surface area contributed by atoms with E-state index in [4.69, 9.17) is 4.74 Å². The topological polar surface area (TPSA) is 68.3 Å². The van der Waals surface area contributed by atoms with Crippen molar-refractivity contribution in [3.8, 4) is 0 Å². The van der Waals surface area contributed by atoms with Gasteiger partial charge in [-0.2, -0.15) is 0 Å². The molecule has 18 heavy (non-hydrogen) atoms. The molecule has 1 heterocycles. The molecule has 98 valence electrons. The molecule has 1 aromatic heterocycles. The predicted octanol–water partition coefficient (Wildman–Crippen LogP) is 1.92. The largest absolute Gasteiger partial charge is 0.453 e. The van der Waals surface area contributed by atoms with E-state index in [2.05, 4.69) is 10.3 Å². The Morgan fingerprint density at radius 1 is 1.39 bits per heavy atom. The van der Waals surface area contributed by atoms with Gasteiger partial charge in [-0.3, -0.25) is 9.78 Å². The van der Waals surface area contributed by atoms with Gasteiger partial charge in [0.2, 0.25) is 0 Å². The minimum absolute atomic E-state index is 0.538. The van der Waals surface area contributed by atoms with E-state index in [1.807, 2.05) is 6.92 Å². The highest BCUT2D eigenvalue weighted by Gasteiger charge is 2.23. The first-order valence-corrected chi connectivity index (χ1v) is 5.80. The van der Waals surface area contributed by atoms with Crippen LogP contribution >= 0.6 is 0 Å². The summed E-state index contributed by atoms with van der Waals surface area (Å²) in [5.41, 5.74) is 0.773. The van der Waals surface area contributed by atoms with Gasteiger partial charge in [-0.1, -0.05) is 6.92 Å². The number of rotatable bonds is 2. The Bertz CT molecular complexity index is 450. The van der Waals surface area contributed by atoms with Gasteiger partial charge >= 0.3 is 11.9 Å². The number of hydrogen-bond acceptors (Lipinski definition) is 4. The molecule has 0 unspecified atom stereocenters. The zero-order chi connectivity index (χ0) is 13.8. The molecular weight excluding hydrogens is 232 g/mol. The zero-order valence-electron chi connectivity index (χ0n) is 11.1. The third-order valence-electron chi connectivity index (χ3n) is 2.12. The molecule has 0 atom stereocenters. The molecule has 0 aliphatic carbocycles. The van der Waals surface area contributed by atoms with Crippen molar-refractivity contribution in [2.24, 2.45) is 0 Å². The lowest BCUT2D eigenvalue weighted by Gasteiger charge is -2.19. The molecule has 1 aromatic rings. The first kappa shape index (κ1) is 14.2. The van der Waals surface area contributed by atoms with Gasteiger partial charge in [0.15, 0.2) is 0 Å². The number of ether oxygens (including phenoxy) is 1. The van der Waals surface area contributed by atoms with E-state index in [0.717, 1.165) is 12.0 Å². The summed E-state index contributed by atoms with van der Waals surface area (Å²) >= 11 is 0. The Balaban J connectivity index is 2.73. The Morgan fingerprint density at radius 2 is 2.06 bits per heavy atom. The van der Waals surface area contributed by atoms with Crippen molar-refractivity contribution in [2.75, 3.05) is 5.32 Å². The summed E-state index contributed by atoms with van der Waals surface area (Å²) in [6, 6.07) is 1.80. The number of nitrogens with zero attached hydrogens (tertiary/aromatic N) is 1. The number of aromatic nitrogens is 1. The summed E-state index contributed by atoms with van der Waals surface area (Å²) in [5.74, 6) is -1.68. The number of esters is 1. The van der Waals surface area contributed by atoms with Crippen molar-refractivity contribution in [1.82, 2.24) is 4.98 Å². The molecule has 0 bridgehead atoms. The number of aryl methyl sites for hydroxylation is 1. The summed E-state index contributed by atoms with van der Waals surface area (Å²) in [6.45, 7) is 7.08. The van der Waals surface area contributed by atoms with Gasteiger partial charge in [0.05, 0.1) is 11.9 Å². The van der Waals surface area contributed by atoms with Crippen LogP contribution in [-0.4, -0.2) is 22.5 Å². The minimum Gasteiger partial charge on any atom is -0.453 e. The van der Waals surface area contributed by atoms with Crippen molar-refractivity contribution < 1.29 is 14.3 Å². The molecule has 1 rings (SSSR count). The maximum Gasteiger partial charge on any atom is 0.397 e. The third-order valence-corrected chi connectivity index (χ3v) is 2.12. The predicted molar refractivity (Wildman–Crippen MR) is 68.1 cm³/mol. The summed E-state index contributed by atoms with van der Waals surface area (Å²) in [4.78, 5) is 27.1. The molecule has 0 aliphatic heterocycles. The maximum atomic E-state index is 11.6. The van der Waals surface area contributed by atoms with Crippen LogP contribution in [0.25, 0.3) is 0 Å². The van der Waals surface area contributed by atoms with Gasteiger partial charge in [-0.25, -0.2) is 4.79 Å². The highest BCUT2D eigenvalue weighted by molar-refractivity contribution is 6.37. The summed E-state index contributed by atoms with van der Waals surface area (Å²) < 4.78 is 4.97. The Labute approximate surface area is 107 Å². The molecule has 5 nitrogen and oxygen atoms in total. The number of anilines is 1. The van der Waals surface area contributed by atoms with E-state index >= 15 is 0 Å². The van der Waals surface area contributed by atoms with E-state index in [0.29, 0.717) is 5.69 Å².